The summed E-state index contributed by atoms with van der Waals surface area (Å²) in [7, 11) is 0. The van der Waals surface area contributed by atoms with Crippen molar-refractivity contribution in [2.45, 2.75) is 32.7 Å². The number of ketones is 1. The van der Waals surface area contributed by atoms with Gasteiger partial charge in [0.15, 0.2) is 5.78 Å². The van der Waals surface area contributed by atoms with Crippen molar-refractivity contribution in [3.63, 3.8) is 0 Å². The van der Waals surface area contributed by atoms with Gasteiger partial charge in [-0.3, -0.25) is 14.4 Å². The van der Waals surface area contributed by atoms with Crippen LogP contribution in [0.1, 0.15) is 46.5 Å². The van der Waals surface area contributed by atoms with Crippen LogP contribution in [0.4, 0.5) is 0 Å². The van der Waals surface area contributed by atoms with Gasteiger partial charge in [-0.05, 0) is 31.4 Å². The van der Waals surface area contributed by atoms with Crippen molar-refractivity contribution in [3.05, 3.63) is 34.9 Å². The van der Waals surface area contributed by atoms with Crippen molar-refractivity contribution >= 4 is 17.6 Å². The summed E-state index contributed by atoms with van der Waals surface area (Å²) < 4.78 is 0. The van der Waals surface area contributed by atoms with Crippen LogP contribution in [0, 0.1) is 0 Å². The average molecular weight is 274 g/mol. The SMILES string of the molecule is CCc1cccc(C(=O)NC2CCNC2=O)c1C(C)=O. The smallest absolute Gasteiger partial charge is 0.252 e. The summed E-state index contributed by atoms with van der Waals surface area (Å²) in [6.07, 6.45) is 1.26. The Hall–Kier alpha value is -2.17. The molecule has 1 fully saturated rings. The van der Waals surface area contributed by atoms with Gasteiger partial charge in [-0.15, -0.1) is 0 Å². The van der Waals surface area contributed by atoms with Crippen LogP contribution < -0.4 is 10.6 Å². The van der Waals surface area contributed by atoms with Crippen molar-refractivity contribution in [2.75, 3.05) is 6.54 Å². The van der Waals surface area contributed by atoms with Gasteiger partial charge in [-0.25, -0.2) is 0 Å². The average Bonchev–Trinajstić information content (AvgIpc) is 2.83. The molecule has 2 N–H and O–H groups in total. The summed E-state index contributed by atoms with van der Waals surface area (Å²) >= 11 is 0. The predicted octanol–water partition coefficient (Wildman–Crippen LogP) is 1.07. The summed E-state index contributed by atoms with van der Waals surface area (Å²) in [5.74, 6) is -0.676. The molecule has 20 heavy (non-hydrogen) atoms. The molecule has 1 aromatic carbocycles. The number of amides is 2. The number of benzene rings is 1. The molecule has 1 aromatic rings. The van der Waals surface area contributed by atoms with E-state index in [1.807, 2.05) is 13.0 Å². The van der Waals surface area contributed by atoms with E-state index in [1.54, 1.807) is 12.1 Å². The Labute approximate surface area is 117 Å². The minimum absolute atomic E-state index is 0.136. The van der Waals surface area contributed by atoms with Crippen LogP contribution in [0.2, 0.25) is 0 Å². The number of rotatable bonds is 4. The number of carbonyl (C=O) groups excluding carboxylic acids is 3. The van der Waals surface area contributed by atoms with Gasteiger partial charge in [0.2, 0.25) is 5.91 Å². The molecule has 0 saturated carbocycles. The lowest BCUT2D eigenvalue weighted by molar-refractivity contribution is -0.120. The fourth-order valence-corrected chi connectivity index (χ4v) is 2.47. The van der Waals surface area contributed by atoms with E-state index in [0.29, 0.717) is 30.5 Å². The van der Waals surface area contributed by atoms with Crippen LogP contribution in [0.25, 0.3) is 0 Å². The van der Waals surface area contributed by atoms with Crippen molar-refractivity contribution < 1.29 is 14.4 Å². The molecule has 1 unspecified atom stereocenters. The Kier molecular flexibility index (Phi) is 4.17. The maximum Gasteiger partial charge on any atom is 0.252 e. The predicted molar refractivity (Wildman–Crippen MR) is 74.7 cm³/mol. The number of hydrogen-bond donors (Lipinski definition) is 2. The Morgan fingerprint density at radius 2 is 2.15 bits per heavy atom. The van der Waals surface area contributed by atoms with Crippen LogP contribution in [-0.2, 0) is 11.2 Å². The molecule has 106 valence electrons. The highest BCUT2D eigenvalue weighted by molar-refractivity contribution is 6.09. The monoisotopic (exact) mass is 274 g/mol. The molecule has 1 atom stereocenters. The van der Waals surface area contributed by atoms with Crippen molar-refractivity contribution in [3.8, 4) is 0 Å². The number of nitrogens with one attached hydrogen (secondary N) is 2. The van der Waals surface area contributed by atoms with Crippen LogP contribution in [0.15, 0.2) is 18.2 Å². The lowest BCUT2D eigenvalue weighted by atomic mass is 9.95. The zero-order valence-electron chi connectivity index (χ0n) is 11.7. The van der Waals surface area contributed by atoms with E-state index in [-0.39, 0.29) is 17.6 Å². The van der Waals surface area contributed by atoms with Gasteiger partial charge in [-0.1, -0.05) is 19.1 Å². The number of aryl methyl sites for hydroxylation is 1. The maximum atomic E-state index is 12.3. The quantitative estimate of drug-likeness (QED) is 0.806. The summed E-state index contributed by atoms with van der Waals surface area (Å²) in [6.45, 7) is 3.96. The first-order valence-electron chi connectivity index (χ1n) is 6.76. The van der Waals surface area contributed by atoms with Gasteiger partial charge in [0.25, 0.3) is 5.91 Å². The number of hydrogen-bond acceptors (Lipinski definition) is 3. The van der Waals surface area contributed by atoms with Crippen molar-refractivity contribution in [1.29, 1.82) is 0 Å². The van der Waals surface area contributed by atoms with Gasteiger partial charge < -0.3 is 10.6 Å². The van der Waals surface area contributed by atoms with Gasteiger partial charge in [0.05, 0.1) is 5.56 Å². The first kappa shape index (κ1) is 14.2. The molecule has 2 amide bonds. The Bertz CT molecular complexity index is 566. The standard InChI is InChI=1S/C15H18N2O3/c1-3-10-5-4-6-11(13(10)9(2)18)14(19)17-12-7-8-16-15(12)20/h4-6,12H,3,7-8H2,1-2H3,(H,16,20)(H,17,19). The lowest BCUT2D eigenvalue weighted by Crippen LogP contribution is -2.40. The van der Waals surface area contributed by atoms with Crippen LogP contribution in [0.3, 0.4) is 0 Å². The molecule has 1 heterocycles. The third-order valence-electron chi connectivity index (χ3n) is 3.48. The highest BCUT2D eigenvalue weighted by atomic mass is 16.2. The molecule has 5 heteroatoms. The fourth-order valence-electron chi connectivity index (χ4n) is 2.47. The first-order chi connectivity index (χ1) is 9.54. The normalized spacial score (nSPS) is 17.7. The highest BCUT2D eigenvalue weighted by Crippen LogP contribution is 2.17. The fraction of sp³-hybridized carbons (Fsp3) is 0.400. The largest absolute Gasteiger partial charge is 0.354 e. The van der Waals surface area contributed by atoms with Gasteiger partial charge in [0.1, 0.15) is 6.04 Å². The van der Waals surface area contributed by atoms with E-state index in [4.69, 9.17) is 0 Å². The second-order valence-electron chi connectivity index (χ2n) is 4.86. The van der Waals surface area contributed by atoms with Crippen molar-refractivity contribution in [1.82, 2.24) is 10.6 Å². The lowest BCUT2D eigenvalue weighted by Gasteiger charge is -2.14. The molecule has 0 bridgehead atoms. The zero-order valence-corrected chi connectivity index (χ0v) is 11.7. The van der Waals surface area contributed by atoms with Crippen LogP contribution in [0.5, 0.6) is 0 Å². The molecule has 2 rings (SSSR count). The molecule has 1 aliphatic heterocycles. The minimum Gasteiger partial charge on any atom is -0.354 e. The van der Waals surface area contributed by atoms with E-state index < -0.39 is 6.04 Å². The summed E-state index contributed by atoms with van der Waals surface area (Å²) in [5, 5.41) is 5.35. The molecule has 0 radical (unpaired) electrons. The highest BCUT2D eigenvalue weighted by Gasteiger charge is 2.27. The second-order valence-corrected chi connectivity index (χ2v) is 4.86. The minimum atomic E-state index is -0.507. The Morgan fingerprint density at radius 3 is 2.70 bits per heavy atom. The Balaban J connectivity index is 2.29. The van der Waals surface area contributed by atoms with Crippen molar-refractivity contribution in [2.24, 2.45) is 0 Å². The van der Waals surface area contributed by atoms with E-state index >= 15 is 0 Å². The molecular formula is C15H18N2O3. The molecule has 0 aliphatic carbocycles. The number of Topliss-reactive ketones (excluding diaryl/α,β-unsaturated/α-hetero) is 1. The van der Waals surface area contributed by atoms with Gasteiger partial charge >= 0.3 is 0 Å². The molecule has 1 saturated heterocycles. The molecule has 0 aromatic heterocycles. The van der Waals surface area contributed by atoms with E-state index in [2.05, 4.69) is 10.6 Å². The summed E-state index contributed by atoms with van der Waals surface area (Å²) in [6, 6.07) is 4.72. The number of carbonyl (C=O) groups is 3. The van der Waals surface area contributed by atoms with Gasteiger partial charge in [-0.2, -0.15) is 0 Å². The maximum absolute atomic E-state index is 12.3. The zero-order chi connectivity index (χ0) is 14.7. The van der Waals surface area contributed by atoms with Crippen LogP contribution in [-0.4, -0.2) is 30.2 Å². The second kappa shape index (κ2) is 5.86. The summed E-state index contributed by atoms with van der Waals surface area (Å²) in [4.78, 5) is 35.6. The third kappa shape index (κ3) is 2.71. The van der Waals surface area contributed by atoms with E-state index in [1.165, 1.54) is 6.92 Å². The first-order valence-corrected chi connectivity index (χ1v) is 6.76. The third-order valence-corrected chi connectivity index (χ3v) is 3.48. The Morgan fingerprint density at radius 1 is 1.40 bits per heavy atom. The molecule has 5 nitrogen and oxygen atoms in total. The molecular weight excluding hydrogens is 256 g/mol. The van der Waals surface area contributed by atoms with E-state index in [9.17, 15) is 14.4 Å². The van der Waals surface area contributed by atoms with Gasteiger partial charge in [0, 0.05) is 12.1 Å². The molecule has 1 aliphatic rings. The van der Waals surface area contributed by atoms with E-state index in [0.717, 1.165) is 5.56 Å². The van der Waals surface area contributed by atoms with Crippen LogP contribution >= 0.6 is 0 Å². The topological polar surface area (TPSA) is 75.3 Å². The summed E-state index contributed by atoms with van der Waals surface area (Å²) in [5.41, 5.74) is 1.64. The molecule has 0 spiro atoms.